The number of piperazine rings is 2. The standard InChI is InChI=1S/C19H37N5O/c1-2-21-9-11-22(12-10-21)8-4-3-7-20-19(25)24-15-13-23(14-16-24)17-18-5-6-18/h18H,2-17H2,1H3,(H,20,25). The molecule has 2 aliphatic heterocycles. The summed E-state index contributed by atoms with van der Waals surface area (Å²) >= 11 is 0. The van der Waals surface area contributed by atoms with E-state index in [9.17, 15) is 4.79 Å². The maximum atomic E-state index is 12.3. The third kappa shape index (κ3) is 6.42. The van der Waals surface area contributed by atoms with Gasteiger partial charge in [-0.25, -0.2) is 4.79 Å². The van der Waals surface area contributed by atoms with Crippen molar-refractivity contribution in [2.24, 2.45) is 5.92 Å². The molecule has 0 atom stereocenters. The topological polar surface area (TPSA) is 42.1 Å². The second-order valence-corrected chi connectivity index (χ2v) is 7.95. The molecule has 25 heavy (non-hydrogen) atoms. The number of urea groups is 1. The van der Waals surface area contributed by atoms with Crippen molar-refractivity contribution in [1.82, 2.24) is 24.9 Å². The maximum absolute atomic E-state index is 12.3. The van der Waals surface area contributed by atoms with E-state index in [1.807, 2.05) is 4.90 Å². The van der Waals surface area contributed by atoms with Crippen LogP contribution < -0.4 is 5.32 Å². The average Bonchev–Trinajstić information content (AvgIpc) is 3.46. The van der Waals surface area contributed by atoms with Crippen LogP contribution in [0.4, 0.5) is 4.79 Å². The van der Waals surface area contributed by atoms with E-state index >= 15 is 0 Å². The fraction of sp³-hybridized carbons (Fsp3) is 0.947. The number of hydrogen-bond acceptors (Lipinski definition) is 4. The molecule has 6 nitrogen and oxygen atoms in total. The lowest BCUT2D eigenvalue weighted by Crippen LogP contribution is -2.52. The minimum Gasteiger partial charge on any atom is -0.338 e. The van der Waals surface area contributed by atoms with E-state index in [4.69, 9.17) is 0 Å². The van der Waals surface area contributed by atoms with Gasteiger partial charge < -0.3 is 20.0 Å². The normalized spacial score (nSPS) is 23.8. The highest BCUT2D eigenvalue weighted by molar-refractivity contribution is 5.74. The zero-order valence-corrected chi connectivity index (χ0v) is 16.1. The SMILES string of the molecule is CCN1CCN(CCCCNC(=O)N2CCN(CC3CC3)CC2)CC1. The summed E-state index contributed by atoms with van der Waals surface area (Å²) in [5.41, 5.74) is 0. The van der Waals surface area contributed by atoms with Crippen LogP contribution in [0.25, 0.3) is 0 Å². The summed E-state index contributed by atoms with van der Waals surface area (Å²) in [5.74, 6) is 0.949. The fourth-order valence-corrected chi connectivity index (χ4v) is 3.90. The van der Waals surface area contributed by atoms with Gasteiger partial charge in [0.1, 0.15) is 0 Å². The predicted molar refractivity (Wildman–Crippen MR) is 102 cm³/mol. The Morgan fingerprint density at radius 3 is 2.16 bits per heavy atom. The summed E-state index contributed by atoms with van der Waals surface area (Å²) in [5, 5.41) is 3.12. The third-order valence-electron chi connectivity index (χ3n) is 5.96. The largest absolute Gasteiger partial charge is 0.338 e. The Bertz CT molecular complexity index is 399. The number of carbonyl (C=O) groups excluding carboxylic acids is 1. The molecule has 1 aliphatic carbocycles. The first kappa shape index (κ1) is 18.9. The Kier molecular flexibility index (Phi) is 7.37. The lowest BCUT2D eigenvalue weighted by molar-refractivity contribution is 0.133. The monoisotopic (exact) mass is 351 g/mol. The summed E-state index contributed by atoms with van der Waals surface area (Å²) in [6, 6.07) is 0.141. The molecule has 1 saturated carbocycles. The molecule has 144 valence electrons. The summed E-state index contributed by atoms with van der Waals surface area (Å²) in [6.45, 7) is 15.4. The van der Waals surface area contributed by atoms with Crippen molar-refractivity contribution in [3.63, 3.8) is 0 Å². The van der Waals surface area contributed by atoms with Gasteiger partial charge in [-0.1, -0.05) is 6.92 Å². The molecule has 2 amide bonds. The first-order chi connectivity index (χ1) is 12.2. The number of carbonyl (C=O) groups is 1. The van der Waals surface area contributed by atoms with E-state index in [-0.39, 0.29) is 6.03 Å². The van der Waals surface area contributed by atoms with Gasteiger partial charge in [0, 0.05) is 65.4 Å². The molecular weight excluding hydrogens is 314 g/mol. The highest BCUT2D eigenvalue weighted by Crippen LogP contribution is 2.29. The first-order valence-corrected chi connectivity index (χ1v) is 10.4. The van der Waals surface area contributed by atoms with Gasteiger partial charge >= 0.3 is 6.03 Å². The lowest BCUT2D eigenvalue weighted by Gasteiger charge is -2.35. The van der Waals surface area contributed by atoms with Gasteiger partial charge in [0.05, 0.1) is 0 Å². The van der Waals surface area contributed by atoms with E-state index in [0.717, 1.165) is 45.1 Å². The highest BCUT2D eigenvalue weighted by atomic mass is 16.2. The van der Waals surface area contributed by atoms with Crippen LogP contribution in [-0.2, 0) is 0 Å². The number of nitrogens with one attached hydrogen (secondary N) is 1. The van der Waals surface area contributed by atoms with Crippen LogP contribution in [0.3, 0.4) is 0 Å². The van der Waals surface area contributed by atoms with Gasteiger partial charge in [0.25, 0.3) is 0 Å². The van der Waals surface area contributed by atoms with E-state index in [2.05, 4.69) is 26.9 Å². The quantitative estimate of drug-likeness (QED) is 0.666. The number of amides is 2. The molecule has 3 aliphatic rings. The van der Waals surface area contributed by atoms with Crippen molar-refractivity contribution in [2.75, 3.05) is 78.5 Å². The number of unbranched alkanes of at least 4 members (excludes halogenated alkanes) is 1. The van der Waals surface area contributed by atoms with Crippen molar-refractivity contribution in [3.05, 3.63) is 0 Å². The predicted octanol–water partition coefficient (Wildman–Crippen LogP) is 1.14. The molecule has 0 bridgehead atoms. The Balaban J connectivity index is 1.19. The second kappa shape index (κ2) is 9.74. The number of nitrogens with zero attached hydrogens (tertiary/aromatic N) is 4. The minimum absolute atomic E-state index is 0.141. The van der Waals surface area contributed by atoms with Crippen molar-refractivity contribution in [2.45, 2.75) is 32.6 Å². The molecule has 1 N–H and O–H groups in total. The van der Waals surface area contributed by atoms with Gasteiger partial charge in [-0.2, -0.15) is 0 Å². The van der Waals surface area contributed by atoms with Crippen molar-refractivity contribution >= 4 is 6.03 Å². The molecule has 3 fully saturated rings. The number of likely N-dealkylation sites (N-methyl/N-ethyl adjacent to an activating group) is 1. The molecule has 0 radical (unpaired) electrons. The van der Waals surface area contributed by atoms with Crippen LogP contribution in [0.1, 0.15) is 32.6 Å². The van der Waals surface area contributed by atoms with Crippen molar-refractivity contribution in [3.8, 4) is 0 Å². The van der Waals surface area contributed by atoms with Gasteiger partial charge in [-0.05, 0) is 44.7 Å². The minimum atomic E-state index is 0.141. The van der Waals surface area contributed by atoms with Crippen LogP contribution >= 0.6 is 0 Å². The Labute approximate surface area is 153 Å². The van der Waals surface area contributed by atoms with E-state index in [0.29, 0.717) is 0 Å². The van der Waals surface area contributed by atoms with Gasteiger partial charge in [0.15, 0.2) is 0 Å². The van der Waals surface area contributed by atoms with Crippen LogP contribution in [-0.4, -0.2) is 104 Å². The first-order valence-electron chi connectivity index (χ1n) is 10.4. The zero-order chi connectivity index (χ0) is 17.5. The molecule has 0 aromatic heterocycles. The summed E-state index contributed by atoms with van der Waals surface area (Å²) in [6.07, 6.45) is 5.09. The second-order valence-electron chi connectivity index (χ2n) is 7.95. The highest BCUT2D eigenvalue weighted by Gasteiger charge is 2.27. The maximum Gasteiger partial charge on any atom is 0.317 e. The average molecular weight is 352 g/mol. The van der Waals surface area contributed by atoms with Crippen LogP contribution in [0.5, 0.6) is 0 Å². The van der Waals surface area contributed by atoms with E-state index in [1.54, 1.807) is 0 Å². The van der Waals surface area contributed by atoms with Gasteiger partial charge in [0.2, 0.25) is 0 Å². The van der Waals surface area contributed by atoms with Crippen LogP contribution in [0.2, 0.25) is 0 Å². The van der Waals surface area contributed by atoms with Crippen LogP contribution in [0.15, 0.2) is 0 Å². The summed E-state index contributed by atoms with van der Waals surface area (Å²) < 4.78 is 0. The smallest absolute Gasteiger partial charge is 0.317 e. The van der Waals surface area contributed by atoms with Crippen molar-refractivity contribution in [1.29, 1.82) is 0 Å². The molecule has 0 aromatic carbocycles. The molecule has 0 aromatic rings. The van der Waals surface area contributed by atoms with E-state index in [1.165, 1.54) is 65.1 Å². The Morgan fingerprint density at radius 2 is 1.52 bits per heavy atom. The zero-order valence-electron chi connectivity index (χ0n) is 16.1. The molecule has 0 spiro atoms. The van der Waals surface area contributed by atoms with Gasteiger partial charge in [-0.3, -0.25) is 4.90 Å². The molecule has 3 rings (SSSR count). The Hall–Kier alpha value is -0.850. The van der Waals surface area contributed by atoms with Gasteiger partial charge in [-0.15, -0.1) is 0 Å². The molecule has 2 heterocycles. The lowest BCUT2D eigenvalue weighted by atomic mass is 10.2. The van der Waals surface area contributed by atoms with Crippen molar-refractivity contribution < 1.29 is 4.79 Å². The fourth-order valence-electron chi connectivity index (χ4n) is 3.90. The van der Waals surface area contributed by atoms with Crippen LogP contribution in [0, 0.1) is 5.92 Å². The Morgan fingerprint density at radius 1 is 0.880 bits per heavy atom. The summed E-state index contributed by atoms with van der Waals surface area (Å²) in [4.78, 5) is 21.9. The molecular formula is C19H37N5O. The molecule has 6 heteroatoms. The molecule has 0 unspecified atom stereocenters. The third-order valence-corrected chi connectivity index (χ3v) is 5.96. The molecule has 2 saturated heterocycles. The summed E-state index contributed by atoms with van der Waals surface area (Å²) in [7, 11) is 0. The number of rotatable bonds is 8. The van der Waals surface area contributed by atoms with E-state index < -0.39 is 0 Å². The number of hydrogen-bond donors (Lipinski definition) is 1.